The lowest BCUT2D eigenvalue weighted by atomic mass is 10.1. The first kappa shape index (κ1) is 15.9. The van der Waals surface area contributed by atoms with Crippen molar-refractivity contribution in [2.24, 2.45) is 0 Å². The van der Waals surface area contributed by atoms with Crippen LogP contribution >= 0.6 is 0 Å². The highest BCUT2D eigenvalue weighted by Gasteiger charge is 2.36. The fourth-order valence-corrected chi connectivity index (χ4v) is 2.97. The van der Waals surface area contributed by atoms with E-state index in [-0.39, 0.29) is 24.1 Å². The first-order valence-corrected chi connectivity index (χ1v) is 7.69. The van der Waals surface area contributed by atoms with Gasteiger partial charge >= 0.3 is 5.97 Å². The van der Waals surface area contributed by atoms with Crippen molar-refractivity contribution in [2.75, 3.05) is 29.9 Å². The molecule has 7 nitrogen and oxygen atoms in total. The van der Waals surface area contributed by atoms with Gasteiger partial charge in [-0.1, -0.05) is 5.92 Å². The Balaban J connectivity index is 1.69. The molecular weight excluding hydrogens is 310 g/mol. The van der Waals surface area contributed by atoms with Gasteiger partial charge in [0.05, 0.1) is 23.5 Å². The number of amides is 2. The van der Waals surface area contributed by atoms with Crippen LogP contribution < -0.4 is 15.5 Å². The van der Waals surface area contributed by atoms with Crippen LogP contribution in [0.2, 0.25) is 0 Å². The molecule has 124 valence electrons. The number of ether oxygens (including phenoxy) is 1. The van der Waals surface area contributed by atoms with Crippen LogP contribution in [0.1, 0.15) is 23.2 Å². The van der Waals surface area contributed by atoms with Crippen molar-refractivity contribution in [3.05, 3.63) is 23.8 Å². The Bertz CT molecular complexity index is 738. The van der Waals surface area contributed by atoms with E-state index >= 15 is 0 Å². The van der Waals surface area contributed by atoms with E-state index in [2.05, 4.69) is 21.5 Å². The minimum Gasteiger partial charge on any atom is -0.452 e. The first-order valence-electron chi connectivity index (χ1n) is 7.69. The average molecular weight is 327 g/mol. The molecular formula is C17H17N3O4. The maximum Gasteiger partial charge on any atom is 0.338 e. The van der Waals surface area contributed by atoms with Crippen molar-refractivity contribution < 1.29 is 19.1 Å². The Labute approximate surface area is 139 Å². The number of hydrogen-bond donors (Lipinski definition) is 2. The lowest BCUT2D eigenvalue weighted by Gasteiger charge is -2.33. The number of hydrogen-bond acceptors (Lipinski definition) is 5. The monoisotopic (exact) mass is 327 g/mol. The van der Waals surface area contributed by atoms with Gasteiger partial charge in [0.15, 0.2) is 6.61 Å². The van der Waals surface area contributed by atoms with Gasteiger partial charge in [-0.25, -0.2) is 4.79 Å². The van der Waals surface area contributed by atoms with E-state index in [1.165, 1.54) is 0 Å². The quantitative estimate of drug-likeness (QED) is 0.622. The van der Waals surface area contributed by atoms with Gasteiger partial charge in [0.1, 0.15) is 6.04 Å². The zero-order valence-corrected chi connectivity index (χ0v) is 13.0. The zero-order valence-electron chi connectivity index (χ0n) is 13.0. The van der Waals surface area contributed by atoms with Crippen LogP contribution in [-0.2, 0) is 14.3 Å². The first-order chi connectivity index (χ1) is 11.6. The van der Waals surface area contributed by atoms with Crippen molar-refractivity contribution >= 4 is 29.2 Å². The molecule has 2 aliphatic rings. The molecule has 24 heavy (non-hydrogen) atoms. The lowest BCUT2D eigenvalue weighted by molar-refractivity contribution is -0.124. The summed E-state index contributed by atoms with van der Waals surface area (Å²) in [6.45, 7) is 0.501. The topological polar surface area (TPSA) is 87.7 Å². The number of benzene rings is 1. The lowest BCUT2D eigenvalue weighted by Crippen LogP contribution is -2.43. The van der Waals surface area contributed by atoms with Gasteiger partial charge in [0.25, 0.3) is 5.91 Å². The van der Waals surface area contributed by atoms with Gasteiger partial charge < -0.3 is 20.3 Å². The molecule has 1 aromatic carbocycles. The van der Waals surface area contributed by atoms with Gasteiger partial charge in [0, 0.05) is 6.54 Å². The third-order valence-corrected chi connectivity index (χ3v) is 4.08. The van der Waals surface area contributed by atoms with Crippen molar-refractivity contribution in [2.45, 2.75) is 18.9 Å². The summed E-state index contributed by atoms with van der Waals surface area (Å²) in [6.07, 6.45) is 6.83. The zero-order chi connectivity index (χ0) is 17.1. The number of anilines is 2. The van der Waals surface area contributed by atoms with Crippen LogP contribution in [-0.4, -0.2) is 43.5 Å². The Kier molecular flexibility index (Phi) is 4.38. The number of esters is 1. The summed E-state index contributed by atoms with van der Waals surface area (Å²) in [4.78, 5) is 37.6. The van der Waals surface area contributed by atoms with Crippen molar-refractivity contribution in [3.8, 4) is 12.3 Å². The van der Waals surface area contributed by atoms with E-state index in [0.29, 0.717) is 5.69 Å². The number of carbonyl (C=O) groups is 3. The van der Waals surface area contributed by atoms with Gasteiger partial charge in [-0.05, 0) is 31.0 Å². The van der Waals surface area contributed by atoms with Crippen LogP contribution in [0.4, 0.5) is 11.4 Å². The second-order valence-electron chi connectivity index (χ2n) is 5.63. The molecule has 2 heterocycles. The molecule has 1 fully saturated rings. The van der Waals surface area contributed by atoms with E-state index in [0.717, 1.165) is 25.1 Å². The molecule has 0 unspecified atom stereocenters. The van der Waals surface area contributed by atoms with Crippen LogP contribution in [0, 0.1) is 12.3 Å². The summed E-state index contributed by atoms with van der Waals surface area (Å²) in [5.74, 6) is 1.10. The summed E-state index contributed by atoms with van der Waals surface area (Å²) in [5.41, 5.74) is 1.77. The highest BCUT2D eigenvalue weighted by molar-refractivity contribution is 6.05. The molecule has 0 aromatic heterocycles. The molecule has 1 aromatic rings. The van der Waals surface area contributed by atoms with Crippen molar-refractivity contribution in [1.29, 1.82) is 0 Å². The van der Waals surface area contributed by atoms with E-state index in [9.17, 15) is 14.4 Å². The summed E-state index contributed by atoms with van der Waals surface area (Å²) in [7, 11) is 0. The predicted octanol–water partition coefficient (Wildman–Crippen LogP) is 0.514. The second kappa shape index (κ2) is 6.62. The molecule has 3 rings (SSSR count). The Morgan fingerprint density at radius 3 is 3.08 bits per heavy atom. The molecule has 0 aliphatic carbocycles. The van der Waals surface area contributed by atoms with Gasteiger partial charge in [0.2, 0.25) is 5.91 Å². The van der Waals surface area contributed by atoms with Crippen LogP contribution in [0.15, 0.2) is 18.2 Å². The van der Waals surface area contributed by atoms with Crippen LogP contribution in [0.25, 0.3) is 0 Å². The number of nitrogens with one attached hydrogen (secondary N) is 2. The summed E-state index contributed by atoms with van der Waals surface area (Å²) in [5, 5.41) is 5.23. The average Bonchev–Trinajstić information content (AvgIpc) is 3.08. The number of terminal acetylenes is 1. The van der Waals surface area contributed by atoms with Gasteiger partial charge in [-0.2, -0.15) is 0 Å². The van der Waals surface area contributed by atoms with Crippen molar-refractivity contribution in [3.63, 3.8) is 0 Å². The fourth-order valence-electron chi connectivity index (χ4n) is 2.97. The second-order valence-corrected chi connectivity index (χ2v) is 5.63. The standard InChI is InChI=1S/C17H17N3O4/c1-2-7-18-15(21)10-24-17(23)11-5-6-13-12(9-11)19-16(22)14-4-3-8-20(13)14/h1,5-6,9,14H,3-4,7-8,10H2,(H,18,21)(H,19,22)/t14-/m1/s1. The third-order valence-electron chi connectivity index (χ3n) is 4.08. The molecule has 2 amide bonds. The fraction of sp³-hybridized carbons (Fsp3) is 0.353. The Hall–Kier alpha value is -3.01. The number of rotatable bonds is 4. The molecule has 0 radical (unpaired) electrons. The molecule has 1 atom stereocenters. The summed E-state index contributed by atoms with van der Waals surface area (Å²) >= 11 is 0. The van der Waals surface area contributed by atoms with E-state index in [4.69, 9.17) is 11.2 Å². The van der Waals surface area contributed by atoms with E-state index in [1.807, 2.05) is 0 Å². The molecule has 7 heteroatoms. The maximum atomic E-state index is 12.1. The van der Waals surface area contributed by atoms with Crippen LogP contribution in [0.5, 0.6) is 0 Å². The van der Waals surface area contributed by atoms with E-state index < -0.39 is 18.5 Å². The molecule has 0 saturated carbocycles. The molecule has 2 N–H and O–H groups in total. The highest BCUT2D eigenvalue weighted by atomic mass is 16.5. The van der Waals surface area contributed by atoms with Crippen LogP contribution in [0.3, 0.4) is 0 Å². The third kappa shape index (κ3) is 3.04. The Morgan fingerprint density at radius 1 is 1.46 bits per heavy atom. The normalized spacial score (nSPS) is 18.0. The maximum absolute atomic E-state index is 12.1. The number of nitrogens with zero attached hydrogens (tertiary/aromatic N) is 1. The molecule has 0 bridgehead atoms. The van der Waals surface area contributed by atoms with Gasteiger partial charge in [-0.3, -0.25) is 9.59 Å². The SMILES string of the molecule is C#CCNC(=O)COC(=O)c1ccc2c(c1)NC(=O)[C@H]1CCCN21. The minimum absolute atomic E-state index is 0.0563. The smallest absolute Gasteiger partial charge is 0.338 e. The molecule has 1 saturated heterocycles. The van der Waals surface area contributed by atoms with Crippen molar-refractivity contribution in [1.82, 2.24) is 5.32 Å². The van der Waals surface area contributed by atoms with E-state index in [1.54, 1.807) is 18.2 Å². The number of fused-ring (bicyclic) bond motifs is 3. The summed E-state index contributed by atoms with van der Waals surface area (Å²) in [6, 6.07) is 4.87. The van der Waals surface area contributed by atoms with Gasteiger partial charge in [-0.15, -0.1) is 6.42 Å². The predicted molar refractivity (Wildman–Crippen MR) is 87.6 cm³/mol. The largest absolute Gasteiger partial charge is 0.452 e. The molecule has 2 aliphatic heterocycles. The Morgan fingerprint density at radius 2 is 2.29 bits per heavy atom. The highest BCUT2D eigenvalue weighted by Crippen LogP contribution is 2.37. The summed E-state index contributed by atoms with van der Waals surface area (Å²) < 4.78 is 4.95. The minimum atomic E-state index is -0.633. The number of carbonyl (C=O) groups excluding carboxylic acids is 3. The molecule has 0 spiro atoms.